The number of ether oxygens (including phenoxy) is 2. The Morgan fingerprint density at radius 1 is 0.974 bits per heavy atom. The summed E-state index contributed by atoms with van der Waals surface area (Å²) in [5, 5.41) is 3.81. The minimum absolute atomic E-state index is 0.257. The van der Waals surface area contributed by atoms with Gasteiger partial charge in [0.2, 0.25) is 0 Å². The van der Waals surface area contributed by atoms with Gasteiger partial charge in [0.15, 0.2) is 11.5 Å². The van der Waals surface area contributed by atoms with Gasteiger partial charge in [-0.25, -0.2) is 4.39 Å². The molecule has 0 unspecified atom stereocenters. The van der Waals surface area contributed by atoms with Crippen LogP contribution in [0.3, 0.4) is 0 Å². The zero-order valence-electron chi connectivity index (χ0n) is 22.1. The van der Waals surface area contributed by atoms with E-state index in [0.29, 0.717) is 23.3 Å². The SMILES string of the molecule is COc1cc(C=Nc2ccc([C@@H]3Nc4ccc(C)cc4[C@H]4C=CC[C@@H]43)cc2)ccc1OCc1cccc(F)c1. The van der Waals surface area contributed by atoms with Gasteiger partial charge in [-0.05, 0) is 90.0 Å². The van der Waals surface area contributed by atoms with E-state index >= 15 is 0 Å². The number of benzene rings is 4. The van der Waals surface area contributed by atoms with Crippen LogP contribution in [0.1, 0.15) is 46.2 Å². The molecule has 1 aliphatic carbocycles. The third kappa shape index (κ3) is 5.30. The first-order valence-corrected chi connectivity index (χ1v) is 13.3. The van der Waals surface area contributed by atoms with Crippen LogP contribution in [-0.2, 0) is 6.61 Å². The van der Waals surface area contributed by atoms with Gasteiger partial charge in [0.1, 0.15) is 12.4 Å². The zero-order chi connectivity index (χ0) is 26.8. The van der Waals surface area contributed by atoms with Crippen molar-refractivity contribution in [2.75, 3.05) is 12.4 Å². The number of hydrogen-bond donors (Lipinski definition) is 1. The second kappa shape index (κ2) is 10.8. The Morgan fingerprint density at radius 2 is 1.85 bits per heavy atom. The molecule has 1 aliphatic heterocycles. The average Bonchev–Trinajstić information content (AvgIpc) is 3.46. The molecule has 4 aromatic rings. The minimum Gasteiger partial charge on any atom is -0.493 e. The summed E-state index contributed by atoms with van der Waals surface area (Å²) in [6, 6.07) is 27.5. The standard InChI is InChI=1S/C34H31FN2O2/c1-22-9-15-31-30(17-22)28-7-4-8-29(28)34(37-31)25-11-13-27(14-12-25)36-20-23-10-16-32(33(19-23)38-2)39-21-24-5-3-6-26(35)18-24/h3-7,9-20,28-29,34,37H,8,21H2,1-2H3/t28-,29-,34-/m0/s1. The maximum absolute atomic E-state index is 13.4. The Kier molecular flexibility index (Phi) is 6.89. The second-order valence-electron chi connectivity index (χ2n) is 10.2. The van der Waals surface area contributed by atoms with Crippen molar-refractivity contribution in [2.24, 2.45) is 10.9 Å². The Hall–Kier alpha value is -4.38. The molecular weight excluding hydrogens is 487 g/mol. The van der Waals surface area contributed by atoms with Crippen LogP contribution in [0.5, 0.6) is 11.5 Å². The molecule has 0 spiro atoms. The van der Waals surface area contributed by atoms with Crippen LogP contribution in [0.25, 0.3) is 0 Å². The maximum Gasteiger partial charge on any atom is 0.161 e. The quantitative estimate of drug-likeness (QED) is 0.198. The number of allylic oxidation sites excluding steroid dienone is 2. The topological polar surface area (TPSA) is 42.8 Å². The number of nitrogens with zero attached hydrogens (tertiary/aromatic N) is 1. The summed E-state index contributed by atoms with van der Waals surface area (Å²) in [6.45, 7) is 2.42. The van der Waals surface area contributed by atoms with Crippen molar-refractivity contribution >= 4 is 17.6 Å². The first kappa shape index (κ1) is 24.9. The van der Waals surface area contributed by atoms with Crippen LogP contribution in [0.4, 0.5) is 15.8 Å². The molecule has 0 amide bonds. The van der Waals surface area contributed by atoms with Crippen LogP contribution < -0.4 is 14.8 Å². The number of nitrogens with one attached hydrogen (secondary N) is 1. The maximum atomic E-state index is 13.4. The van der Waals surface area contributed by atoms with Crippen LogP contribution in [0.15, 0.2) is 102 Å². The van der Waals surface area contributed by atoms with Crippen LogP contribution in [0.2, 0.25) is 0 Å². The lowest BCUT2D eigenvalue weighted by molar-refractivity contribution is 0.284. The highest BCUT2D eigenvalue weighted by molar-refractivity contribution is 5.83. The third-order valence-corrected chi connectivity index (χ3v) is 7.60. The second-order valence-corrected chi connectivity index (χ2v) is 10.2. The molecular formula is C34H31FN2O2. The van der Waals surface area contributed by atoms with E-state index in [-0.39, 0.29) is 18.5 Å². The molecule has 196 valence electrons. The minimum atomic E-state index is -0.280. The van der Waals surface area contributed by atoms with E-state index in [4.69, 9.17) is 9.47 Å². The van der Waals surface area contributed by atoms with Gasteiger partial charge in [-0.15, -0.1) is 0 Å². The summed E-state index contributed by atoms with van der Waals surface area (Å²) >= 11 is 0. The fourth-order valence-corrected chi connectivity index (χ4v) is 5.63. The van der Waals surface area contributed by atoms with Crippen molar-refractivity contribution in [1.82, 2.24) is 0 Å². The highest BCUT2D eigenvalue weighted by atomic mass is 19.1. The smallest absolute Gasteiger partial charge is 0.161 e. The van der Waals surface area contributed by atoms with Gasteiger partial charge in [0.05, 0.1) is 18.8 Å². The van der Waals surface area contributed by atoms with Gasteiger partial charge < -0.3 is 14.8 Å². The molecule has 0 saturated heterocycles. The van der Waals surface area contributed by atoms with E-state index in [9.17, 15) is 4.39 Å². The van der Waals surface area contributed by atoms with E-state index in [1.807, 2.05) is 30.5 Å². The number of aliphatic imine (C=N–C) groups is 1. The number of rotatable bonds is 7. The number of hydrogen-bond acceptors (Lipinski definition) is 4. The van der Waals surface area contributed by atoms with Gasteiger partial charge in [-0.3, -0.25) is 4.99 Å². The Labute approximate surface area is 228 Å². The van der Waals surface area contributed by atoms with Gasteiger partial charge in [-0.1, -0.05) is 54.1 Å². The summed E-state index contributed by atoms with van der Waals surface area (Å²) in [7, 11) is 1.60. The largest absolute Gasteiger partial charge is 0.493 e. The molecule has 3 atom stereocenters. The van der Waals surface area contributed by atoms with Crippen molar-refractivity contribution in [3.05, 3.63) is 131 Å². The van der Waals surface area contributed by atoms with Gasteiger partial charge in [0, 0.05) is 17.8 Å². The highest BCUT2D eigenvalue weighted by Crippen LogP contribution is 2.50. The summed E-state index contributed by atoms with van der Waals surface area (Å²) in [6.07, 6.45) is 7.61. The summed E-state index contributed by atoms with van der Waals surface area (Å²) < 4.78 is 24.8. The van der Waals surface area contributed by atoms with Gasteiger partial charge in [0.25, 0.3) is 0 Å². The monoisotopic (exact) mass is 518 g/mol. The summed E-state index contributed by atoms with van der Waals surface area (Å²) in [5.74, 6) is 1.89. The number of fused-ring (bicyclic) bond motifs is 3. The molecule has 4 nitrogen and oxygen atoms in total. The molecule has 6 rings (SSSR count). The molecule has 0 radical (unpaired) electrons. The molecule has 1 heterocycles. The first-order valence-electron chi connectivity index (χ1n) is 13.3. The van der Waals surface area contributed by atoms with E-state index < -0.39 is 0 Å². The average molecular weight is 519 g/mol. The lowest BCUT2D eigenvalue weighted by Gasteiger charge is -2.37. The normalized spacial score (nSPS) is 19.4. The van der Waals surface area contributed by atoms with E-state index in [1.54, 1.807) is 13.2 Å². The van der Waals surface area contributed by atoms with E-state index in [2.05, 4.69) is 71.8 Å². The van der Waals surface area contributed by atoms with Crippen molar-refractivity contribution in [3.8, 4) is 11.5 Å². The molecule has 0 bridgehead atoms. The van der Waals surface area contributed by atoms with E-state index in [1.165, 1.54) is 34.5 Å². The molecule has 0 fully saturated rings. The lowest BCUT2D eigenvalue weighted by atomic mass is 9.76. The molecule has 0 saturated carbocycles. The molecule has 2 aliphatic rings. The van der Waals surface area contributed by atoms with Gasteiger partial charge in [-0.2, -0.15) is 0 Å². The summed E-state index contributed by atoms with van der Waals surface area (Å²) in [5.41, 5.74) is 7.77. The number of halogens is 1. The zero-order valence-corrected chi connectivity index (χ0v) is 22.1. The number of methoxy groups -OCH3 is 1. The van der Waals surface area contributed by atoms with Crippen molar-refractivity contribution in [3.63, 3.8) is 0 Å². The van der Waals surface area contributed by atoms with Crippen LogP contribution >= 0.6 is 0 Å². The van der Waals surface area contributed by atoms with Crippen LogP contribution in [0, 0.1) is 18.7 Å². The highest BCUT2D eigenvalue weighted by Gasteiger charge is 2.37. The number of aryl methyl sites for hydroxylation is 1. The Morgan fingerprint density at radius 3 is 2.67 bits per heavy atom. The molecule has 4 aromatic carbocycles. The first-order chi connectivity index (χ1) is 19.1. The van der Waals surface area contributed by atoms with Crippen molar-refractivity contribution in [1.29, 1.82) is 0 Å². The predicted octanol–water partition coefficient (Wildman–Crippen LogP) is 8.30. The van der Waals surface area contributed by atoms with Crippen molar-refractivity contribution in [2.45, 2.75) is 31.9 Å². The molecule has 0 aromatic heterocycles. The predicted molar refractivity (Wildman–Crippen MR) is 155 cm³/mol. The third-order valence-electron chi connectivity index (χ3n) is 7.60. The molecule has 1 N–H and O–H groups in total. The fraction of sp³-hybridized carbons (Fsp3) is 0.206. The lowest BCUT2D eigenvalue weighted by Crippen LogP contribution is -2.29. The van der Waals surface area contributed by atoms with Gasteiger partial charge >= 0.3 is 0 Å². The van der Waals surface area contributed by atoms with Crippen molar-refractivity contribution < 1.29 is 13.9 Å². The Balaban J connectivity index is 1.14. The number of anilines is 1. The molecule has 5 heteroatoms. The Bertz CT molecular complexity index is 1540. The fourth-order valence-electron chi connectivity index (χ4n) is 5.63. The molecule has 39 heavy (non-hydrogen) atoms. The van der Waals surface area contributed by atoms with E-state index in [0.717, 1.165) is 23.2 Å². The van der Waals surface area contributed by atoms with Crippen LogP contribution in [-0.4, -0.2) is 13.3 Å². The summed E-state index contributed by atoms with van der Waals surface area (Å²) in [4.78, 5) is 4.69.